The van der Waals surface area contributed by atoms with E-state index in [2.05, 4.69) is 10.1 Å². The zero-order chi connectivity index (χ0) is 16.4. The van der Waals surface area contributed by atoms with Crippen molar-refractivity contribution in [2.24, 2.45) is 0 Å². The van der Waals surface area contributed by atoms with Gasteiger partial charge in [0.2, 0.25) is 0 Å². The third kappa shape index (κ3) is 6.35. The number of ketones is 1. The Morgan fingerprint density at radius 2 is 1.86 bits per heavy atom. The van der Waals surface area contributed by atoms with E-state index in [4.69, 9.17) is 0 Å². The summed E-state index contributed by atoms with van der Waals surface area (Å²) < 4.78 is 4.53. The largest absolute Gasteiger partial charge is 0.469 e. The predicted octanol–water partition coefficient (Wildman–Crippen LogP) is 2.27. The lowest BCUT2D eigenvalue weighted by Gasteiger charge is -2.14. The summed E-state index contributed by atoms with van der Waals surface area (Å²) in [6, 6.07) is 8.18. The number of nitrogens with one attached hydrogen (secondary N) is 1. The molecule has 0 fully saturated rings. The van der Waals surface area contributed by atoms with Crippen molar-refractivity contribution in [1.29, 1.82) is 0 Å². The highest BCUT2D eigenvalue weighted by Crippen LogP contribution is 2.03. The van der Waals surface area contributed by atoms with Gasteiger partial charge in [0, 0.05) is 12.0 Å². The summed E-state index contributed by atoms with van der Waals surface area (Å²) >= 11 is 0. The Bertz CT molecular complexity index is 537. The second-order valence-electron chi connectivity index (χ2n) is 4.82. The number of hydrogen-bond donors (Lipinski definition) is 1. The number of carbonyl (C=O) groups excluding carboxylic acids is 3. The van der Waals surface area contributed by atoms with Gasteiger partial charge >= 0.3 is 5.97 Å². The molecule has 1 aromatic carbocycles. The summed E-state index contributed by atoms with van der Waals surface area (Å²) in [6.45, 7) is 1.44. The van der Waals surface area contributed by atoms with E-state index in [9.17, 15) is 14.4 Å². The molecule has 0 spiro atoms. The van der Waals surface area contributed by atoms with Gasteiger partial charge in [-0.1, -0.05) is 30.4 Å². The van der Waals surface area contributed by atoms with Crippen LogP contribution in [0.2, 0.25) is 0 Å². The molecule has 1 rings (SSSR count). The minimum absolute atomic E-state index is 0.109. The first-order valence-electron chi connectivity index (χ1n) is 7.12. The number of rotatable bonds is 8. The first-order valence-corrected chi connectivity index (χ1v) is 7.12. The highest BCUT2D eigenvalue weighted by atomic mass is 16.5. The Morgan fingerprint density at radius 1 is 1.18 bits per heavy atom. The molecule has 0 heterocycles. The number of esters is 1. The zero-order valence-electron chi connectivity index (χ0n) is 12.9. The van der Waals surface area contributed by atoms with E-state index in [-0.39, 0.29) is 17.7 Å². The summed E-state index contributed by atoms with van der Waals surface area (Å²) in [4.78, 5) is 34.6. The van der Waals surface area contributed by atoms with Crippen molar-refractivity contribution in [3.8, 4) is 0 Å². The van der Waals surface area contributed by atoms with Crippen molar-refractivity contribution in [1.82, 2.24) is 5.32 Å². The Morgan fingerprint density at radius 3 is 2.45 bits per heavy atom. The third-order valence-electron chi connectivity index (χ3n) is 3.11. The van der Waals surface area contributed by atoms with Gasteiger partial charge in [0.05, 0.1) is 13.2 Å². The van der Waals surface area contributed by atoms with Crippen LogP contribution in [0, 0.1) is 0 Å². The van der Waals surface area contributed by atoms with Crippen molar-refractivity contribution in [3.63, 3.8) is 0 Å². The molecule has 1 aromatic rings. The summed E-state index contributed by atoms with van der Waals surface area (Å²) in [5.74, 6) is -0.657. The van der Waals surface area contributed by atoms with E-state index in [1.807, 2.05) is 12.1 Å². The van der Waals surface area contributed by atoms with Crippen molar-refractivity contribution in [2.75, 3.05) is 7.11 Å². The topological polar surface area (TPSA) is 72.5 Å². The molecule has 1 amide bonds. The maximum atomic E-state index is 12.0. The summed E-state index contributed by atoms with van der Waals surface area (Å²) in [6.07, 6.45) is 4.84. The van der Waals surface area contributed by atoms with Crippen molar-refractivity contribution in [2.45, 2.75) is 32.2 Å². The van der Waals surface area contributed by atoms with Gasteiger partial charge in [-0.3, -0.25) is 14.4 Å². The van der Waals surface area contributed by atoms with Gasteiger partial charge in [-0.25, -0.2) is 0 Å². The van der Waals surface area contributed by atoms with E-state index in [1.54, 1.807) is 30.3 Å². The molecule has 5 nitrogen and oxygen atoms in total. The van der Waals surface area contributed by atoms with Crippen LogP contribution in [0.3, 0.4) is 0 Å². The Kier molecular flexibility index (Phi) is 7.61. The summed E-state index contributed by atoms with van der Waals surface area (Å²) in [5.41, 5.74) is 0.517. The van der Waals surface area contributed by atoms with Crippen LogP contribution < -0.4 is 5.32 Å². The van der Waals surface area contributed by atoms with Crippen LogP contribution in [0.25, 0.3) is 0 Å². The minimum Gasteiger partial charge on any atom is -0.469 e. The number of carbonyl (C=O) groups is 3. The van der Waals surface area contributed by atoms with E-state index in [0.29, 0.717) is 24.8 Å². The van der Waals surface area contributed by atoms with Gasteiger partial charge in [-0.15, -0.1) is 0 Å². The van der Waals surface area contributed by atoms with Gasteiger partial charge in [-0.2, -0.15) is 0 Å². The standard InChI is InChI=1S/C17H21NO4/c1-13(19)15(11-7-4-8-12-16(20)22-2)18-17(21)14-9-5-3-6-10-14/h3-7,9-10,15H,8,11-12H2,1-2H3,(H,18,21)/b7-4+. The molecule has 1 unspecified atom stereocenters. The van der Waals surface area contributed by atoms with E-state index in [1.165, 1.54) is 14.0 Å². The molecule has 5 heteroatoms. The lowest BCUT2D eigenvalue weighted by atomic mass is 10.1. The predicted molar refractivity (Wildman–Crippen MR) is 83.4 cm³/mol. The van der Waals surface area contributed by atoms with Crippen molar-refractivity contribution in [3.05, 3.63) is 48.0 Å². The molecule has 0 aliphatic carbocycles. The first kappa shape index (κ1) is 17.6. The number of hydrogen-bond acceptors (Lipinski definition) is 4. The van der Waals surface area contributed by atoms with Gasteiger partial charge < -0.3 is 10.1 Å². The fraction of sp³-hybridized carbons (Fsp3) is 0.353. The summed E-state index contributed by atoms with van der Waals surface area (Å²) in [5, 5.41) is 2.71. The monoisotopic (exact) mass is 303 g/mol. The normalized spacial score (nSPS) is 11.9. The van der Waals surface area contributed by atoms with Crippen LogP contribution in [0.4, 0.5) is 0 Å². The molecule has 0 aliphatic heterocycles. The molecule has 22 heavy (non-hydrogen) atoms. The molecule has 0 saturated heterocycles. The lowest BCUT2D eigenvalue weighted by molar-refractivity contribution is -0.140. The van der Waals surface area contributed by atoms with Crippen LogP contribution in [-0.2, 0) is 14.3 Å². The molecule has 0 aliphatic rings. The second-order valence-corrected chi connectivity index (χ2v) is 4.82. The maximum absolute atomic E-state index is 12.0. The average molecular weight is 303 g/mol. The van der Waals surface area contributed by atoms with Crippen LogP contribution in [0.15, 0.2) is 42.5 Å². The lowest BCUT2D eigenvalue weighted by Crippen LogP contribution is -2.39. The molecule has 0 bridgehead atoms. The zero-order valence-corrected chi connectivity index (χ0v) is 12.9. The fourth-order valence-corrected chi connectivity index (χ4v) is 1.81. The molecule has 0 aromatic heterocycles. The Balaban J connectivity index is 2.49. The average Bonchev–Trinajstić information content (AvgIpc) is 2.53. The number of methoxy groups -OCH3 is 1. The quantitative estimate of drug-likeness (QED) is 0.590. The van der Waals surface area contributed by atoms with Crippen LogP contribution >= 0.6 is 0 Å². The molecule has 118 valence electrons. The number of ether oxygens (including phenoxy) is 1. The van der Waals surface area contributed by atoms with Crippen molar-refractivity contribution < 1.29 is 19.1 Å². The third-order valence-corrected chi connectivity index (χ3v) is 3.11. The van der Waals surface area contributed by atoms with Gasteiger partial charge in [0.1, 0.15) is 0 Å². The maximum Gasteiger partial charge on any atom is 0.305 e. The van der Waals surface area contributed by atoms with E-state index in [0.717, 1.165) is 0 Å². The van der Waals surface area contributed by atoms with Gasteiger partial charge in [0.25, 0.3) is 5.91 Å². The number of benzene rings is 1. The minimum atomic E-state index is -0.568. The van der Waals surface area contributed by atoms with Crippen LogP contribution in [0.5, 0.6) is 0 Å². The Hall–Kier alpha value is -2.43. The molecule has 0 saturated carbocycles. The van der Waals surface area contributed by atoms with Crippen LogP contribution in [-0.4, -0.2) is 30.8 Å². The smallest absolute Gasteiger partial charge is 0.305 e. The molecular formula is C17H21NO4. The SMILES string of the molecule is COC(=O)CC/C=C/CC(NC(=O)c1ccccc1)C(C)=O. The molecule has 1 atom stereocenters. The van der Waals surface area contributed by atoms with Gasteiger partial charge in [-0.05, 0) is 31.9 Å². The number of allylic oxidation sites excluding steroid dienone is 1. The van der Waals surface area contributed by atoms with Crippen LogP contribution in [0.1, 0.15) is 36.5 Å². The molecular weight excluding hydrogens is 282 g/mol. The first-order chi connectivity index (χ1) is 10.5. The van der Waals surface area contributed by atoms with Crippen molar-refractivity contribution >= 4 is 17.7 Å². The van der Waals surface area contributed by atoms with E-state index < -0.39 is 6.04 Å². The molecule has 1 N–H and O–H groups in total. The highest BCUT2D eigenvalue weighted by molar-refractivity contribution is 5.97. The Labute approximate surface area is 130 Å². The number of amides is 1. The fourth-order valence-electron chi connectivity index (χ4n) is 1.81. The van der Waals surface area contributed by atoms with E-state index >= 15 is 0 Å². The highest BCUT2D eigenvalue weighted by Gasteiger charge is 2.16. The second kappa shape index (κ2) is 9.50. The summed E-state index contributed by atoms with van der Waals surface area (Å²) in [7, 11) is 1.34. The number of Topliss-reactive ketones (excluding diaryl/α,β-unsaturated/α-hetero) is 1. The molecule has 0 radical (unpaired) electrons. The van der Waals surface area contributed by atoms with Gasteiger partial charge in [0.15, 0.2) is 5.78 Å².